The number of hydrogen-bond acceptors (Lipinski definition) is 4. The maximum Gasteiger partial charge on any atom is 0.234 e. The van der Waals surface area contributed by atoms with Gasteiger partial charge in [0.2, 0.25) is 5.91 Å². The van der Waals surface area contributed by atoms with Gasteiger partial charge in [-0.15, -0.1) is 0 Å². The van der Waals surface area contributed by atoms with E-state index in [1.165, 1.54) is 0 Å². The molecule has 0 saturated carbocycles. The standard InChI is InChI=1S/C11H23N3O2/c1-2-10(3-8-15)13-11(16)9-14-6-4-12-5-7-14/h10,12,15H,2-9H2,1H3,(H,13,16). The fourth-order valence-corrected chi connectivity index (χ4v) is 1.88. The highest BCUT2D eigenvalue weighted by Gasteiger charge is 2.15. The van der Waals surface area contributed by atoms with Crippen LogP contribution in [0.15, 0.2) is 0 Å². The van der Waals surface area contributed by atoms with Crippen molar-refractivity contribution in [2.75, 3.05) is 39.3 Å². The van der Waals surface area contributed by atoms with Crippen LogP contribution in [0, 0.1) is 0 Å². The monoisotopic (exact) mass is 229 g/mol. The van der Waals surface area contributed by atoms with E-state index in [-0.39, 0.29) is 18.6 Å². The van der Waals surface area contributed by atoms with E-state index in [0.717, 1.165) is 32.6 Å². The molecule has 0 aromatic carbocycles. The van der Waals surface area contributed by atoms with Crippen LogP contribution in [-0.4, -0.2) is 61.3 Å². The zero-order chi connectivity index (χ0) is 11.8. The summed E-state index contributed by atoms with van der Waals surface area (Å²) in [5.41, 5.74) is 0. The van der Waals surface area contributed by atoms with E-state index < -0.39 is 0 Å². The van der Waals surface area contributed by atoms with Crippen LogP contribution in [0.4, 0.5) is 0 Å². The van der Waals surface area contributed by atoms with Crippen molar-refractivity contribution < 1.29 is 9.90 Å². The summed E-state index contributed by atoms with van der Waals surface area (Å²) in [5, 5.41) is 15.0. The second kappa shape index (κ2) is 7.60. The van der Waals surface area contributed by atoms with Crippen LogP contribution in [0.25, 0.3) is 0 Å². The quantitative estimate of drug-likeness (QED) is 0.556. The van der Waals surface area contributed by atoms with Crippen LogP contribution >= 0.6 is 0 Å². The Balaban J connectivity index is 2.22. The minimum Gasteiger partial charge on any atom is -0.396 e. The molecule has 1 atom stereocenters. The summed E-state index contributed by atoms with van der Waals surface area (Å²) in [5.74, 6) is 0.0715. The smallest absolute Gasteiger partial charge is 0.234 e. The summed E-state index contributed by atoms with van der Waals surface area (Å²) in [6.07, 6.45) is 1.51. The number of aliphatic hydroxyl groups excluding tert-OH is 1. The van der Waals surface area contributed by atoms with Crippen molar-refractivity contribution in [3.8, 4) is 0 Å². The third kappa shape index (κ3) is 4.92. The Bertz CT molecular complexity index is 197. The highest BCUT2D eigenvalue weighted by atomic mass is 16.3. The average molecular weight is 229 g/mol. The second-order valence-electron chi connectivity index (χ2n) is 4.21. The molecule has 16 heavy (non-hydrogen) atoms. The van der Waals surface area contributed by atoms with Crippen LogP contribution in [0.1, 0.15) is 19.8 Å². The maximum absolute atomic E-state index is 11.7. The summed E-state index contributed by atoms with van der Waals surface area (Å²) in [7, 11) is 0. The lowest BCUT2D eigenvalue weighted by atomic mass is 10.1. The molecule has 0 spiro atoms. The number of carbonyl (C=O) groups excluding carboxylic acids is 1. The van der Waals surface area contributed by atoms with Gasteiger partial charge in [0.1, 0.15) is 0 Å². The fourth-order valence-electron chi connectivity index (χ4n) is 1.88. The van der Waals surface area contributed by atoms with Crippen molar-refractivity contribution in [1.82, 2.24) is 15.5 Å². The van der Waals surface area contributed by atoms with Gasteiger partial charge in [0.15, 0.2) is 0 Å². The van der Waals surface area contributed by atoms with Gasteiger partial charge in [-0.05, 0) is 12.8 Å². The Labute approximate surface area is 97.2 Å². The van der Waals surface area contributed by atoms with Gasteiger partial charge >= 0.3 is 0 Å². The topological polar surface area (TPSA) is 64.6 Å². The highest BCUT2D eigenvalue weighted by Crippen LogP contribution is 1.97. The zero-order valence-corrected chi connectivity index (χ0v) is 10.0. The molecule has 1 aliphatic heterocycles. The molecule has 0 bridgehead atoms. The van der Waals surface area contributed by atoms with Crippen LogP contribution in [0.2, 0.25) is 0 Å². The summed E-state index contributed by atoms with van der Waals surface area (Å²) in [6, 6.07) is 0.111. The van der Waals surface area contributed by atoms with Gasteiger partial charge < -0.3 is 15.7 Å². The van der Waals surface area contributed by atoms with E-state index in [2.05, 4.69) is 15.5 Å². The van der Waals surface area contributed by atoms with Crippen LogP contribution in [0.5, 0.6) is 0 Å². The molecule has 1 aliphatic rings. The first-order chi connectivity index (χ1) is 7.76. The van der Waals surface area contributed by atoms with Gasteiger partial charge in [0.25, 0.3) is 0 Å². The van der Waals surface area contributed by atoms with Gasteiger partial charge in [-0.25, -0.2) is 0 Å². The molecule has 0 aromatic heterocycles. The second-order valence-corrected chi connectivity index (χ2v) is 4.21. The molecule has 1 rings (SSSR count). The van der Waals surface area contributed by atoms with Crippen molar-refractivity contribution in [2.24, 2.45) is 0 Å². The first-order valence-corrected chi connectivity index (χ1v) is 6.09. The number of nitrogens with one attached hydrogen (secondary N) is 2. The third-order valence-electron chi connectivity index (χ3n) is 2.91. The minimum atomic E-state index is 0.0715. The van der Waals surface area contributed by atoms with Crippen molar-refractivity contribution >= 4 is 5.91 Å². The average Bonchev–Trinajstić information content (AvgIpc) is 2.29. The molecule has 5 nitrogen and oxygen atoms in total. The molecule has 1 fully saturated rings. The van der Waals surface area contributed by atoms with Crippen molar-refractivity contribution in [3.63, 3.8) is 0 Å². The van der Waals surface area contributed by atoms with Gasteiger partial charge in [0, 0.05) is 38.8 Å². The number of rotatable bonds is 6. The number of nitrogens with zero attached hydrogens (tertiary/aromatic N) is 1. The highest BCUT2D eigenvalue weighted by molar-refractivity contribution is 5.78. The van der Waals surface area contributed by atoms with Gasteiger partial charge in [-0.2, -0.15) is 0 Å². The predicted octanol–water partition coefficient (Wildman–Crippen LogP) is -0.831. The van der Waals surface area contributed by atoms with Gasteiger partial charge in [-0.1, -0.05) is 6.92 Å². The molecule has 0 aliphatic carbocycles. The molecule has 1 unspecified atom stereocenters. The SMILES string of the molecule is CCC(CCO)NC(=O)CN1CCNCC1. The Kier molecular flexibility index (Phi) is 6.37. The molecule has 0 radical (unpaired) electrons. The lowest BCUT2D eigenvalue weighted by Gasteiger charge is -2.27. The zero-order valence-electron chi connectivity index (χ0n) is 10.0. The molecule has 1 amide bonds. The molecule has 1 heterocycles. The summed E-state index contributed by atoms with van der Waals surface area (Å²) in [4.78, 5) is 13.9. The molecule has 0 aromatic rings. The van der Waals surface area contributed by atoms with Gasteiger partial charge in [0.05, 0.1) is 6.54 Å². The summed E-state index contributed by atoms with van der Waals surface area (Å²) >= 11 is 0. The molecule has 1 saturated heterocycles. The van der Waals surface area contributed by atoms with E-state index in [1.807, 2.05) is 6.92 Å². The Hall–Kier alpha value is -0.650. The van der Waals surface area contributed by atoms with Crippen LogP contribution < -0.4 is 10.6 Å². The Morgan fingerprint density at radius 1 is 1.50 bits per heavy atom. The molecular formula is C11H23N3O2. The number of carbonyl (C=O) groups is 1. The van der Waals surface area contributed by atoms with E-state index >= 15 is 0 Å². The first kappa shape index (κ1) is 13.4. The predicted molar refractivity (Wildman–Crippen MR) is 63.2 cm³/mol. The van der Waals surface area contributed by atoms with E-state index in [0.29, 0.717) is 13.0 Å². The van der Waals surface area contributed by atoms with Gasteiger partial charge in [-0.3, -0.25) is 9.69 Å². The lowest BCUT2D eigenvalue weighted by Crippen LogP contribution is -2.49. The molecule has 94 valence electrons. The van der Waals surface area contributed by atoms with Crippen LogP contribution in [-0.2, 0) is 4.79 Å². The fraction of sp³-hybridized carbons (Fsp3) is 0.909. The van der Waals surface area contributed by atoms with E-state index in [9.17, 15) is 4.79 Å². The van der Waals surface area contributed by atoms with Crippen molar-refractivity contribution in [3.05, 3.63) is 0 Å². The number of amides is 1. The summed E-state index contributed by atoms with van der Waals surface area (Å²) in [6.45, 7) is 6.41. The van der Waals surface area contributed by atoms with Crippen molar-refractivity contribution in [2.45, 2.75) is 25.8 Å². The number of aliphatic hydroxyl groups is 1. The maximum atomic E-state index is 11.7. The van der Waals surface area contributed by atoms with E-state index in [1.54, 1.807) is 0 Å². The summed E-state index contributed by atoms with van der Waals surface area (Å²) < 4.78 is 0. The normalized spacial score (nSPS) is 19.4. The first-order valence-electron chi connectivity index (χ1n) is 6.09. The largest absolute Gasteiger partial charge is 0.396 e. The van der Waals surface area contributed by atoms with Crippen LogP contribution in [0.3, 0.4) is 0 Å². The third-order valence-corrected chi connectivity index (χ3v) is 2.91. The Morgan fingerprint density at radius 2 is 2.19 bits per heavy atom. The minimum absolute atomic E-state index is 0.0715. The van der Waals surface area contributed by atoms with E-state index in [4.69, 9.17) is 5.11 Å². The number of piperazine rings is 1. The Morgan fingerprint density at radius 3 is 2.75 bits per heavy atom. The van der Waals surface area contributed by atoms with Crippen molar-refractivity contribution in [1.29, 1.82) is 0 Å². The molecular weight excluding hydrogens is 206 g/mol. The lowest BCUT2D eigenvalue weighted by molar-refractivity contribution is -0.123. The molecule has 3 N–H and O–H groups in total. The number of hydrogen-bond donors (Lipinski definition) is 3. The molecule has 5 heteroatoms.